The van der Waals surface area contributed by atoms with E-state index >= 15 is 0 Å². The molecule has 1 saturated heterocycles. The summed E-state index contributed by atoms with van der Waals surface area (Å²) in [4.78, 5) is 11.1. The number of hydrogen-bond donors (Lipinski definition) is 0. The van der Waals surface area contributed by atoms with E-state index in [0.29, 0.717) is 35.5 Å². The zero-order chi connectivity index (χ0) is 14.8. The molecule has 0 N–H and O–H groups in total. The summed E-state index contributed by atoms with van der Waals surface area (Å²) in [5.41, 5.74) is 0.333. The van der Waals surface area contributed by atoms with Gasteiger partial charge in [-0.2, -0.15) is 0 Å². The van der Waals surface area contributed by atoms with Gasteiger partial charge in [-0.1, -0.05) is 32.4 Å². The van der Waals surface area contributed by atoms with E-state index in [1.165, 1.54) is 6.42 Å². The Balaban J connectivity index is 2.11. The first-order valence-electron chi connectivity index (χ1n) is 7.26. The lowest BCUT2D eigenvalue weighted by Gasteiger charge is -2.27. The van der Waals surface area contributed by atoms with Crippen LogP contribution in [-0.4, -0.2) is 29.7 Å². The Bertz CT molecular complexity index is 459. The fourth-order valence-corrected chi connectivity index (χ4v) is 2.74. The van der Waals surface area contributed by atoms with Gasteiger partial charge in [0.25, 0.3) is 0 Å². The zero-order valence-corrected chi connectivity index (χ0v) is 13.6. The summed E-state index contributed by atoms with van der Waals surface area (Å²) < 4.78 is 5.37. The number of halogens is 1. The van der Waals surface area contributed by atoms with Crippen LogP contribution in [0.3, 0.4) is 0 Å². The first-order valence-corrected chi connectivity index (χ1v) is 7.64. The molecule has 1 aliphatic rings. The van der Waals surface area contributed by atoms with Crippen LogP contribution in [0.15, 0.2) is 6.07 Å². The minimum atomic E-state index is 0.333. The fraction of sp³-hybridized carbons (Fsp3) is 0.733. The third-order valence-corrected chi connectivity index (χ3v) is 4.09. The van der Waals surface area contributed by atoms with Gasteiger partial charge in [0, 0.05) is 25.8 Å². The van der Waals surface area contributed by atoms with E-state index in [0.717, 1.165) is 18.9 Å². The lowest BCUT2D eigenvalue weighted by atomic mass is 9.80. The summed E-state index contributed by atoms with van der Waals surface area (Å²) in [6.45, 7) is 12.0. The summed E-state index contributed by atoms with van der Waals surface area (Å²) in [6, 6.07) is 1.85. The molecule has 1 aromatic rings. The largest absolute Gasteiger partial charge is 0.374 e. The molecule has 0 aromatic carbocycles. The van der Waals surface area contributed by atoms with Crippen LogP contribution >= 0.6 is 11.6 Å². The number of aromatic nitrogens is 2. The summed E-state index contributed by atoms with van der Waals surface area (Å²) >= 11 is 6.10. The van der Waals surface area contributed by atoms with Gasteiger partial charge < -0.3 is 9.64 Å². The summed E-state index contributed by atoms with van der Waals surface area (Å²) in [7, 11) is 0. The van der Waals surface area contributed by atoms with E-state index in [1.54, 1.807) is 0 Å². The lowest BCUT2D eigenvalue weighted by molar-refractivity contribution is 0.128. The molecule has 2 heterocycles. The highest BCUT2D eigenvalue weighted by molar-refractivity contribution is 6.29. The van der Waals surface area contributed by atoms with Gasteiger partial charge in [0.2, 0.25) is 0 Å². The van der Waals surface area contributed by atoms with Crippen LogP contribution in [0.2, 0.25) is 5.15 Å². The Morgan fingerprint density at radius 2 is 2.15 bits per heavy atom. The molecule has 0 radical (unpaired) electrons. The molecule has 0 aliphatic carbocycles. The molecule has 4 nitrogen and oxygen atoms in total. The van der Waals surface area contributed by atoms with Crippen molar-refractivity contribution < 1.29 is 4.74 Å². The fourth-order valence-electron chi connectivity index (χ4n) is 2.55. The highest BCUT2D eigenvalue weighted by Gasteiger charge is 2.32. The van der Waals surface area contributed by atoms with Crippen LogP contribution in [-0.2, 0) is 11.3 Å². The second-order valence-corrected chi connectivity index (χ2v) is 6.79. The molecular formula is C15H24ClN3O. The zero-order valence-electron chi connectivity index (χ0n) is 12.8. The molecular weight excluding hydrogens is 274 g/mol. The van der Waals surface area contributed by atoms with Gasteiger partial charge in [-0.25, -0.2) is 9.97 Å². The van der Waals surface area contributed by atoms with Crippen molar-refractivity contribution in [3.05, 3.63) is 17.0 Å². The Kier molecular flexibility index (Phi) is 4.86. The van der Waals surface area contributed by atoms with Gasteiger partial charge in [0.15, 0.2) is 5.82 Å². The van der Waals surface area contributed by atoms with Gasteiger partial charge in [0.1, 0.15) is 17.6 Å². The van der Waals surface area contributed by atoms with Crippen molar-refractivity contribution in [3.63, 3.8) is 0 Å². The van der Waals surface area contributed by atoms with Crippen LogP contribution in [0, 0.1) is 11.3 Å². The normalized spacial score (nSPS) is 19.6. The molecule has 0 saturated carbocycles. The SMILES string of the molecule is CCOCc1nc(Cl)cc(N2CCC(C(C)(C)C)C2)n1. The average molecular weight is 298 g/mol. The highest BCUT2D eigenvalue weighted by Crippen LogP contribution is 2.35. The maximum absolute atomic E-state index is 6.10. The number of rotatable bonds is 4. The van der Waals surface area contributed by atoms with Crippen LogP contribution in [0.1, 0.15) is 39.9 Å². The molecule has 20 heavy (non-hydrogen) atoms. The van der Waals surface area contributed by atoms with Crippen molar-refractivity contribution in [3.8, 4) is 0 Å². The van der Waals surface area contributed by atoms with Gasteiger partial charge in [-0.3, -0.25) is 0 Å². The van der Waals surface area contributed by atoms with Gasteiger partial charge in [0.05, 0.1) is 0 Å². The van der Waals surface area contributed by atoms with Crippen molar-refractivity contribution >= 4 is 17.4 Å². The van der Waals surface area contributed by atoms with Crippen LogP contribution < -0.4 is 4.90 Å². The third-order valence-electron chi connectivity index (χ3n) is 3.90. The second-order valence-electron chi connectivity index (χ2n) is 6.40. The average Bonchev–Trinajstić information content (AvgIpc) is 2.85. The van der Waals surface area contributed by atoms with E-state index in [-0.39, 0.29) is 0 Å². The van der Waals surface area contributed by atoms with Crippen molar-refractivity contribution in [2.75, 3.05) is 24.6 Å². The minimum Gasteiger partial charge on any atom is -0.374 e. The van der Waals surface area contributed by atoms with E-state index in [4.69, 9.17) is 16.3 Å². The molecule has 1 aromatic heterocycles. The van der Waals surface area contributed by atoms with Gasteiger partial charge in [-0.05, 0) is 24.7 Å². The quantitative estimate of drug-likeness (QED) is 0.797. The van der Waals surface area contributed by atoms with Crippen LogP contribution in [0.4, 0.5) is 5.82 Å². The van der Waals surface area contributed by atoms with Crippen molar-refractivity contribution in [1.82, 2.24) is 9.97 Å². The topological polar surface area (TPSA) is 38.2 Å². The smallest absolute Gasteiger partial charge is 0.158 e. The lowest BCUT2D eigenvalue weighted by Crippen LogP contribution is -2.26. The molecule has 5 heteroatoms. The third kappa shape index (κ3) is 3.83. The summed E-state index contributed by atoms with van der Waals surface area (Å²) in [5, 5.41) is 0.490. The van der Waals surface area contributed by atoms with Gasteiger partial charge >= 0.3 is 0 Å². The standard InChI is InChI=1S/C15H24ClN3O/c1-5-20-10-13-17-12(16)8-14(18-13)19-7-6-11(9-19)15(2,3)4/h8,11H,5-7,9-10H2,1-4H3. The molecule has 1 fully saturated rings. The van der Waals surface area contributed by atoms with E-state index in [2.05, 4.69) is 35.6 Å². The number of nitrogens with zero attached hydrogens (tertiary/aromatic N) is 3. The molecule has 1 atom stereocenters. The predicted octanol–water partition coefficient (Wildman–Crippen LogP) is 3.54. The first kappa shape index (κ1) is 15.5. The monoisotopic (exact) mass is 297 g/mol. The number of hydrogen-bond acceptors (Lipinski definition) is 4. The minimum absolute atomic E-state index is 0.333. The summed E-state index contributed by atoms with van der Waals surface area (Å²) in [5.74, 6) is 2.27. The van der Waals surface area contributed by atoms with Crippen molar-refractivity contribution in [1.29, 1.82) is 0 Å². The maximum atomic E-state index is 6.10. The summed E-state index contributed by atoms with van der Waals surface area (Å²) in [6.07, 6.45) is 1.20. The molecule has 1 unspecified atom stereocenters. The Morgan fingerprint density at radius 3 is 2.75 bits per heavy atom. The second kappa shape index (κ2) is 6.27. The Hall–Kier alpha value is -0.870. The van der Waals surface area contributed by atoms with E-state index in [9.17, 15) is 0 Å². The number of ether oxygens (including phenoxy) is 1. The predicted molar refractivity (Wildman–Crippen MR) is 82.1 cm³/mol. The molecule has 0 bridgehead atoms. The molecule has 0 spiro atoms. The highest BCUT2D eigenvalue weighted by atomic mass is 35.5. The molecule has 2 rings (SSSR count). The Labute approximate surface area is 126 Å². The van der Waals surface area contributed by atoms with Crippen LogP contribution in [0.25, 0.3) is 0 Å². The molecule has 1 aliphatic heterocycles. The maximum Gasteiger partial charge on any atom is 0.158 e. The van der Waals surface area contributed by atoms with Crippen molar-refractivity contribution in [2.45, 2.75) is 40.7 Å². The van der Waals surface area contributed by atoms with Gasteiger partial charge in [-0.15, -0.1) is 0 Å². The van der Waals surface area contributed by atoms with E-state index in [1.807, 2.05) is 13.0 Å². The first-order chi connectivity index (χ1) is 9.40. The molecule has 112 valence electrons. The number of anilines is 1. The Morgan fingerprint density at radius 1 is 1.40 bits per heavy atom. The van der Waals surface area contributed by atoms with Crippen molar-refractivity contribution in [2.24, 2.45) is 11.3 Å². The molecule has 0 amide bonds. The van der Waals surface area contributed by atoms with Crippen LogP contribution in [0.5, 0.6) is 0 Å². The van der Waals surface area contributed by atoms with E-state index < -0.39 is 0 Å².